The Morgan fingerprint density at radius 3 is 2.87 bits per heavy atom. The van der Waals surface area contributed by atoms with E-state index in [0.717, 1.165) is 60.1 Å². The topological polar surface area (TPSA) is 60.7 Å². The standard InChI is InChI=1S/C25H29NO4/c1-14(2)20-10-17-11-23(29-8-6-16-4-5-16)25-18(7-9-30-25)24(17)21-12-22(28)19(15(3)27)13-26(20)21/h11-14,16,20,27H,3-10H2,1-2H3/t20-/m1/s1. The lowest BCUT2D eigenvalue weighted by Crippen LogP contribution is -2.27. The number of benzene rings is 1. The van der Waals surface area contributed by atoms with Crippen molar-refractivity contribution in [2.24, 2.45) is 11.8 Å². The number of hydrogen-bond acceptors (Lipinski definition) is 4. The monoisotopic (exact) mass is 407 g/mol. The summed E-state index contributed by atoms with van der Waals surface area (Å²) in [6.07, 6.45) is 7.19. The first-order valence-electron chi connectivity index (χ1n) is 11.0. The van der Waals surface area contributed by atoms with Gasteiger partial charge in [-0.3, -0.25) is 4.79 Å². The zero-order valence-electron chi connectivity index (χ0n) is 17.7. The molecule has 1 saturated carbocycles. The highest BCUT2D eigenvalue weighted by Crippen LogP contribution is 2.48. The third-order valence-corrected chi connectivity index (χ3v) is 6.71. The summed E-state index contributed by atoms with van der Waals surface area (Å²) in [5.41, 5.74) is 4.41. The minimum Gasteiger partial charge on any atom is -0.508 e. The quantitative estimate of drug-likeness (QED) is 0.691. The molecule has 158 valence electrons. The van der Waals surface area contributed by atoms with Gasteiger partial charge < -0.3 is 19.1 Å². The highest BCUT2D eigenvalue weighted by molar-refractivity contribution is 5.77. The lowest BCUT2D eigenvalue weighted by Gasteiger charge is -2.34. The smallest absolute Gasteiger partial charge is 0.193 e. The van der Waals surface area contributed by atoms with Crippen LogP contribution in [0.2, 0.25) is 0 Å². The molecule has 0 spiro atoms. The van der Waals surface area contributed by atoms with Gasteiger partial charge in [-0.2, -0.15) is 0 Å². The maximum Gasteiger partial charge on any atom is 0.193 e. The molecule has 5 nitrogen and oxygen atoms in total. The number of aliphatic hydroxyl groups excluding tert-OH is 1. The zero-order chi connectivity index (χ0) is 21.0. The van der Waals surface area contributed by atoms with E-state index in [1.165, 1.54) is 18.4 Å². The van der Waals surface area contributed by atoms with Crippen LogP contribution in [-0.2, 0) is 12.8 Å². The molecule has 1 aromatic carbocycles. The summed E-state index contributed by atoms with van der Waals surface area (Å²) in [7, 11) is 0. The maximum absolute atomic E-state index is 12.7. The Morgan fingerprint density at radius 1 is 1.37 bits per heavy atom. The van der Waals surface area contributed by atoms with E-state index in [-0.39, 0.29) is 22.8 Å². The van der Waals surface area contributed by atoms with Crippen LogP contribution in [0.15, 0.2) is 29.7 Å². The van der Waals surface area contributed by atoms with Crippen molar-refractivity contribution in [2.45, 2.75) is 52.0 Å². The molecule has 1 aromatic heterocycles. The second-order valence-corrected chi connectivity index (χ2v) is 9.20. The molecule has 1 N–H and O–H groups in total. The molecule has 0 radical (unpaired) electrons. The Balaban J connectivity index is 1.64. The molecule has 1 atom stereocenters. The SMILES string of the molecule is C=C(O)c1cn2c(cc1=O)-c1c(cc(OCCC3CC3)c3c1CCO3)C[C@@H]2C(C)C. The van der Waals surface area contributed by atoms with Gasteiger partial charge >= 0.3 is 0 Å². The summed E-state index contributed by atoms with van der Waals surface area (Å²) in [5.74, 6) is 2.69. The Hall–Kier alpha value is -2.69. The summed E-state index contributed by atoms with van der Waals surface area (Å²) in [6, 6.07) is 3.97. The van der Waals surface area contributed by atoms with Crippen LogP contribution in [0.5, 0.6) is 11.5 Å². The van der Waals surface area contributed by atoms with Crippen molar-refractivity contribution in [1.29, 1.82) is 0 Å². The summed E-state index contributed by atoms with van der Waals surface area (Å²) < 4.78 is 14.3. The molecule has 0 unspecified atom stereocenters. The predicted molar refractivity (Wildman–Crippen MR) is 117 cm³/mol. The van der Waals surface area contributed by atoms with Crippen molar-refractivity contribution in [1.82, 2.24) is 4.57 Å². The van der Waals surface area contributed by atoms with Gasteiger partial charge in [-0.05, 0) is 36.3 Å². The third kappa shape index (κ3) is 3.21. The molecule has 30 heavy (non-hydrogen) atoms. The first-order valence-corrected chi connectivity index (χ1v) is 11.0. The van der Waals surface area contributed by atoms with Gasteiger partial charge in [-0.25, -0.2) is 0 Å². The minimum absolute atomic E-state index is 0.184. The Bertz CT molecular complexity index is 1080. The van der Waals surface area contributed by atoms with Crippen LogP contribution >= 0.6 is 0 Å². The van der Waals surface area contributed by atoms with Gasteiger partial charge in [0.15, 0.2) is 16.9 Å². The Morgan fingerprint density at radius 2 is 2.17 bits per heavy atom. The number of ether oxygens (including phenoxy) is 2. The number of rotatable bonds is 6. The number of aromatic nitrogens is 1. The molecule has 2 aromatic rings. The van der Waals surface area contributed by atoms with Crippen molar-refractivity contribution in [2.75, 3.05) is 13.2 Å². The van der Waals surface area contributed by atoms with Gasteiger partial charge in [0.1, 0.15) is 5.76 Å². The lowest BCUT2D eigenvalue weighted by molar-refractivity contribution is 0.275. The van der Waals surface area contributed by atoms with E-state index < -0.39 is 0 Å². The van der Waals surface area contributed by atoms with Crippen LogP contribution in [0.4, 0.5) is 0 Å². The minimum atomic E-state index is -0.207. The van der Waals surface area contributed by atoms with Gasteiger partial charge in [0.05, 0.1) is 24.5 Å². The molecule has 1 fully saturated rings. The van der Waals surface area contributed by atoms with Crippen LogP contribution in [-0.4, -0.2) is 22.9 Å². The van der Waals surface area contributed by atoms with E-state index in [1.807, 2.05) is 0 Å². The highest BCUT2D eigenvalue weighted by Gasteiger charge is 2.33. The van der Waals surface area contributed by atoms with Crippen molar-refractivity contribution in [3.05, 3.63) is 51.8 Å². The molecule has 1 aliphatic carbocycles. The predicted octanol–water partition coefficient (Wildman–Crippen LogP) is 4.91. The largest absolute Gasteiger partial charge is 0.508 e. The first kappa shape index (κ1) is 19.3. The van der Waals surface area contributed by atoms with Crippen LogP contribution in [0.1, 0.15) is 55.8 Å². The molecule has 2 aliphatic heterocycles. The highest BCUT2D eigenvalue weighted by atomic mass is 16.5. The van der Waals surface area contributed by atoms with E-state index in [9.17, 15) is 9.90 Å². The van der Waals surface area contributed by atoms with Gasteiger partial charge in [0.25, 0.3) is 0 Å². The van der Waals surface area contributed by atoms with Crippen LogP contribution in [0, 0.1) is 11.8 Å². The molecule has 3 heterocycles. The Labute approximate surface area is 177 Å². The number of hydrogen-bond donors (Lipinski definition) is 1. The number of aliphatic hydroxyl groups is 1. The summed E-state index contributed by atoms with van der Waals surface area (Å²) >= 11 is 0. The molecule has 0 bridgehead atoms. The van der Waals surface area contributed by atoms with Crippen LogP contribution in [0.3, 0.4) is 0 Å². The van der Waals surface area contributed by atoms with Gasteiger partial charge in [0, 0.05) is 35.9 Å². The molecule has 5 rings (SSSR count). The van der Waals surface area contributed by atoms with E-state index in [4.69, 9.17) is 9.47 Å². The fraction of sp³-hybridized carbons (Fsp3) is 0.480. The van der Waals surface area contributed by atoms with Gasteiger partial charge in [-0.15, -0.1) is 0 Å². The normalized spacial score (nSPS) is 19.1. The third-order valence-electron chi connectivity index (χ3n) is 6.71. The number of fused-ring (bicyclic) bond motifs is 5. The fourth-order valence-electron chi connectivity index (χ4n) is 4.85. The molecule has 0 amide bonds. The summed E-state index contributed by atoms with van der Waals surface area (Å²) in [5, 5.41) is 9.90. The molecular weight excluding hydrogens is 378 g/mol. The van der Waals surface area contributed by atoms with Crippen molar-refractivity contribution in [3.63, 3.8) is 0 Å². The molecular formula is C25H29NO4. The van der Waals surface area contributed by atoms with Crippen LogP contribution < -0.4 is 14.9 Å². The van der Waals surface area contributed by atoms with Gasteiger partial charge in [0.2, 0.25) is 0 Å². The molecule has 3 aliphatic rings. The van der Waals surface area contributed by atoms with Crippen LogP contribution in [0.25, 0.3) is 17.0 Å². The first-order chi connectivity index (χ1) is 14.4. The van der Waals surface area contributed by atoms with Crippen molar-refractivity contribution >= 4 is 5.76 Å². The lowest BCUT2D eigenvalue weighted by atomic mass is 9.84. The van der Waals surface area contributed by atoms with E-state index in [1.54, 1.807) is 12.3 Å². The zero-order valence-corrected chi connectivity index (χ0v) is 17.7. The second kappa shape index (κ2) is 7.22. The molecule has 5 heteroatoms. The average molecular weight is 408 g/mol. The number of pyridine rings is 1. The molecule has 0 saturated heterocycles. The number of nitrogens with zero attached hydrogens (tertiary/aromatic N) is 1. The van der Waals surface area contributed by atoms with E-state index >= 15 is 0 Å². The average Bonchev–Trinajstić information content (AvgIpc) is 3.39. The van der Waals surface area contributed by atoms with Crippen molar-refractivity contribution in [3.8, 4) is 22.8 Å². The summed E-state index contributed by atoms with van der Waals surface area (Å²) in [6.45, 7) is 9.31. The van der Waals surface area contributed by atoms with Gasteiger partial charge in [-0.1, -0.05) is 33.3 Å². The van der Waals surface area contributed by atoms with E-state index in [2.05, 4.69) is 31.1 Å². The fourth-order valence-corrected chi connectivity index (χ4v) is 4.85. The maximum atomic E-state index is 12.7. The summed E-state index contributed by atoms with van der Waals surface area (Å²) in [4.78, 5) is 12.7. The second-order valence-electron chi connectivity index (χ2n) is 9.20. The Kier molecular flexibility index (Phi) is 4.64. The van der Waals surface area contributed by atoms with Crippen molar-refractivity contribution < 1.29 is 14.6 Å². The van der Waals surface area contributed by atoms with E-state index in [0.29, 0.717) is 12.5 Å².